The molecule has 0 saturated heterocycles. The van der Waals surface area contributed by atoms with Crippen molar-refractivity contribution in [3.05, 3.63) is 64.9 Å². The zero-order valence-electron chi connectivity index (χ0n) is 11.5. The third kappa shape index (κ3) is 4.99. The zero-order chi connectivity index (χ0) is 15.8. The number of rotatable bonds is 5. The van der Waals surface area contributed by atoms with Crippen LogP contribution in [0.25, 0.3) is 0 Å². The number of hydrogen-bond donors (Lipinski definition) is 2. The molecule has 0 atom stereocenters. The quantitative estimate of drug-likeness (QED) is 0.649. The van der Waals surface area contributed by atoms with Gasteiger partial charge in [0.15, 0.2) is 0 Å². The maximum absolute atomic E-state index is 11.8. The maximum atomic E-state index is 11.8. The molecule has 0 unspecified atom stereocenters. The topological polar surface area (TPSA) is 83.5 Å². The fourth-order valence-corrected chi connectivity index (χ4v) is 1.66. The Labute approximate surface area is 132 Å². The smallest absolute Gasteiger partial charge is 0.259 e. The minimum Gasteiger partial charge on any atom is -0.343 e. The summed E-state index contributed by atoms with van der Waals surface area (Å²) in [6.07, 6.45) is 4.73. The summed E-state index contributed by atoms with van der Waals surface area (Å²) in [4.78, 5) is 27.2. The number of nitrogens with one attached hydrogen (secondary N) is 2. The van der Waals surface area contributed by atoms with Crippen molar-refractivity contribution in [1.29, 1.82) is 0 Å². The summed E-state index contributed by atoms with van der Waals surface area (Å²) in [6, 6.07) is 9.87. The Morgan fingerprint density at radius 1 is 1.14 bits per heavy atom. The molecule has 2 aromatic rings. The van der Waals surface area contributed by atoms with E-state index in [-0.39, 0.29) is 12.5 Å². The minimum atomic E-state index is -0.424. The molecule has 2 N–H and O–H groups in total. The van der Waals surface area contributed by atoms with E-state index in [1.54, 1.807) is 48.8 Å². The van der Waals surface area contributed by atoms with Gasteiger partial charge in [0.05, 0.1) is 12.8 Å². The van der Waals surface area contributed by atoms with Crippen molar-refractivity contribution < 1.29 is 9.59 Å². The van der Waals surface area contributed by atoms with Crippen LogP contribution < -0.4 is 10.7 Å². The molecule has 0 aliphatic heterocycles. The average Bonchev–Trinajstić information content (AvgIpc) is 2.54. The van der Waals surface area contributed by atoms with E-state index in [0.717, 1.165) is 5.56 Å². The van der Waals surface area contributed by atoms with Crippen molar-refractivity contribution in [3.63, 3.8) is 0 Å². The Hall–Kier alpha value is -2.73. The largest absolute Gasteiger partial charge is 0.343 e. The molecule has 0 radical (unpaired) electrons. The molecule has 7 heteroatoms. The first-order valence-electron chi connectivity index (χ1n) is 6.41. The maximum Gasteiger partial charge on any atom is 0.259 e. The van der Waals surface area contributed by atoms with Gasteiger partial charge in [0.25, 0.3) is 11.8 Å². The van der Waals surface area contributed by atoms with Crippen LogP contribution in [-0.2, 0) is 4.79 Å². The molecular formula is C15H13ClN4O2. The van der Waals surface area contributed by atoms with Gasteiger partial charge in [-0.15, -0.1) is 0 Å². The third-order valence-corrected chi connectivity index (χ3v) is 2.88. The minimum absolute atomic E-state index is 0.171. The van der Waals surface area contributed by atoms with Crippen molar-refractivity contribution in [2.24, 2.45) is 5.10 Å². The molecule has 112 valence electrons. The Morgan fingerprint density at radius 3 is 2.50 bits per heavy atom. The Morgan fingerprint density at radius 2 is 1.82 bits per heavy atom. The van der Waals surface area contributed by atoms with E-state index >= 15 is 0 Å². The van der Waals surface area contributed by atoms with Crippen LogP contribution in [0.2, 0.25) is 5.02 Å². The average molecular weight is 317 g/mol. The molecule has 0 aliphatic carbocycles. The molecule has 6 nitrogen and oxygen atoms in total. The number of aromatic nitrogens is 1. The van der Waals surface area contributed by atoms with Gasteiger partial charge in [-0.3, -0.25) is 14.6 Å². The summed E-state index contributed by atoms with van der Waals surface area (Å²) in [6.45, 7) is -0.171. The fourth-order valence-electron chi connectivity index (χ4n) is 1.53. The predicted molar refractivity (Wildman–Crippen MR) is 83.8 cm³/mol. The summed E-state index contributed by atoms with van der Waals surface area (Å²) in [5.41, 5.74) is 3.56. The molecule has 1 heterocycles. The van der Waals surface area contributed by atoms with Gasteiger partial charge in [0, 0.05) is 23.0 Å². The van der Waals surface area contributed by atoms with Crippen LogP contribution in [0.4, 0.5) is 0 Å². The van der Waals surface area contributed by atoms with Crippen LogP contribution in [-0.4, -0.2) is 29.6 Å². The molecule has 0 spiro atoms. The second-order valence-corrected chi connectivity index (χ2v) is 4.70. The number of amides is 2. The number of halogens is 1. The Balaban J connectivity index is 1.77. The number of hydrogen-bond acceptors (Lipinski definition) is 4. The monoisotopic (exact) mass is 316 g/mol. The molecule has 0 fully saturated rings. The van der Waals surface area contributed by atoms with E-state index in [1.807, 2.05) is 0 Å². The normalized spacial score (nSPS) is 10.4. The van der Waals surface area contributed by atoms with E-state index in [1.165, 1.54) is 6.21 Å². The first-order chi connectivity index (χ1) is 10.6. The highest BCUT2D eigenvalue weighted by atomic mass is 35.5. The van der Waals surface area contributed by atoms with E-state index in [9.17, 15) is 9.59 Å². The van der Waals surface area contributed by atoms with Crippen LogP contribution in [0, 0.1) is 0 Å². The van der Waals surface area contributed by atoms with Gasteiger partial charge in [-0.25, -0.2) is 5.43 Å². The molecule has 2 rings (SSSR count). The molecule has 2 amide bonds. The van der Waals surface area contributed by atoms with Crippen molar-refractivity contribution in [2.45, 2.75) is 0 Å². The van der Waals surface area contributed by atoms with Crippen molar-refractivity contribution in [3.8, 4) is 0 Å². The molecular weight excluding hydrogens is 304 g/mol. The van der Waals surface area contributed by atoms with Crippen LogP contribution in [0.3, 0.4) is 0 Å². The molecule has 1 aromatic carbocycles. The lowest BCUT2D eigenvalue weighted by atomic mass is 10.2. The van der Waals surface area contributed by atoms with Crippen molar-refractivity contribution in [1.82, 2.24) is 15.7 Å². The standard InChI is InChI=1S/C15H13ClN4O2/c16-13-3-1-12(2-4-13)15(22)18-10-14(21)20-19-9-11-5-7-17-8-6-11/h1-9H,10H2,(H,18,22)(H,20,21)/b19-9-. The Bertz CT molecular complexity index is 672. The molecule has 22 heavy (non-hydrogen) atoms. The van der Waals surface area contributed by atoms with Gasteiger partial charge < -0.3 is 5.32 Å². The van der Waals surface area contributed by atoms with Crippen molar-refractivity contribution >= 4 is 29.6 Å². The third-order valence-electron chi connectivity index (χ3n) is 2.62. The van der Waals surface area contributed by atoms with Crippen LogP contribution >= 0.6 is 11.6 Å². The number of carbonyl (C=O) groups excluding carboxylic acids is 2. The second-order valence-electron chi connectivity index (χ2n) is 4.26. The summed E-state index contributed by atoms with van der Waals surface area (Å²) in [7, 11) is 0. The van der Waals surface area contributed by atoms with Gasteiger partial charge >= 0.3 is 0 Å². The summed E-state index contributed by atoms with van der Waals surface area (Å²) in [5, 5.41) is 6.81. The van der Waals surface area contributed by atoms with E-state index in [2.05, 4.69) is 20.8 Å². The Kier molecular flexibility index (Phi) is 5.62. The number of hydrazone groups is 1. The second kappa shape index (κ2) is 7.90. The predicted octanol–water partition coefficient (Wildman–Crippen LogP) is 1.62. The van der Waals surface area contributed by atoms with E-state index in [0.29, 0.717) is 10.6 Å². The molecule has 0 bridgehead atoms. The van der Waals surface area contributed by atoms with Crippen molar-refractivity contribution in [2.75, 3.05) is 6.54 Å². The lowest BCUT2D eigenvalue weighted by molar-refractivity contribution is -0.120. The first kappa shape index (κ1) is 15.7. The zero-order valence-corrected chi connectivity index (χ0v) is 12.2. The summed E-state index contributed by atoms with van der Waals surface area (Å²) < 4.78 is 0. The van der Waals surface area contributed by atoms with Gasteiger partial charge in [0.1, 0.15) is 0 Å². The van der Waals surface area contributed by atoms with Gasteiger partial charge in [0.2, 0.25) is 0 Å². The first-order valence-corrected chi connectivity index (χ1v) is 6.78. The molecule has 0 aliphatic rings. The molecule has 1 aromatic heterocycles. The van der Waals surface area contributed by atoms with E-state index in [4.69, 9.17) is 11.6 Å². The highest BCUT2D eigenvalue weighted by Crippen LogP contribution is 2.09. The SMILES string of the molecule is O=C(CNC(=O)c1ccc(Cl)cc1)N/N=C\c1ccncc1. The summed E-state index contributed by atoms with van der Waals surface area (Å²) >= 11 is 5.74. The fraction of sp³-hybridized carbons (Fsp3) is 0.0667. The number of pyridine rings is 1. The number of benzene rings is 1. The lowest BCUT2D eigenvalue weighted by Gasteiger charge is -2.04. The number of nitrogens with zero attached hydrogens (tertiary/aromatic N) is 2. The van der Waals surface area contributed by atoms with E-state index < -0.39 is 5.91 Å². The highest BCUT2D eigenvalue weighted by molar-refractivity contribution is 6.30. The van der Waals surface area contributed by atoms with Crippen LogP contribution in [0.1, 0.15) is 15.9 Å². The van der Waals surface area contributed by atoms with Gasteiger partial charge in [-0.2, -0.15) is 5.10 Å². The molecule has 0 saturated carbocycles. The number of carbonyl (C=O) groups is 2. The van der Waals surface area contributed by atoms with Gasteiger partial charge in [-0.1, -0.05) is 11.6 Å². The van der Waals surface area contributed by atoms with Gasteiger partial charge in [-0.05, 0) is 42.0 Å². The highest BCUT2D eigenvalue weighted by Gasteiger charge is 2.07. The summed E-state index contributed by atoms with van der Waals surface area (Å²) in [5.74, 6) is -0.780. The van der Waals surface area contributed by atoms with Crippen LogP contribution in [0.5, 0.6) is 0 Å². The van der Waals surface area contributed by atoms with Crippen LogP contribution in [0.15, 0.2) is 53.9 Å². The lowest BCUT2D eigenvalue weighted by Crippen LogP contribution is -2.34.